The van der Waals surface area contributed by atoms with Gasteiger partial charge in [0.1, 0.15) is 0 Å². The molecule has 1 fully saturated rings. The molecule has 0 spiro atoms. The van der Waals surface area contributed by atoms with Gasteiger partial charge in [-0.05, 0) is 49.2 Å². The zero-order valence-electron chi connectivity index (χ0n) is 16.7. The number of carbonyl (C=O) groups is 2. The first-order valence-corrected chi connectivity index (χ1v) is 10.4. The minimum atomic E-state index is -0.209. The molecule has 1 aromatic heterocycles. The van der Waals surface area contributed by atoms with Gasteiger partial charge in [-0.2, -0.15) is 0 Å². The Morgan fingerprint density at radius 2 is 1.89 bits per heavy atom. The average molecular weight is 402 g/mol. The summed E-state index contributed by atoms with van der Waals surface area (Å²) in [5.41, 5.74) is 3.03. The largest absolute Gasteiger partial charge is 0.378 e. The molecule has 1 N–H and O–H groups in total. The number of rotatable bonds is 6. The number of carbonyl (C=O) groups excluding carboxylic acids is 2. The van der Waals surface area contributed by atoms with Crippen LogP contribution in [0.5, 0.6) is 0 Å². The van der Waals surface area contributed by atoms with Crippen LogP contribution in [0.25, 0.3) is 0 Å². The zero-order valence-corrected chi connectivity index (χ0v) is 17.5. The highest BCUT2D eigenvalue weighted by Gasteiger charge is 2.18. The van der Waals surface area contributed by atoms with Crippen LogP contribution in [0.2, 0.25) is 0 Å². The standard InChI is InChI=1S/C21H27N3O3S/c1-4-16-13-19(28-15(16)2)21(26)23(3)14-20(25)22-17-5-7-18(8-6-17)24-9-11-27-12-10-24/h5-8,13H,4,9-12,14H2,1-3H3,(H,22,25). The summed E-state index contributed by atoms with van der Waals surface area (Å²) < 4.78 is 5.37. The Labute approximate surface area is 170 Å². The van der Waals surface area contributed by atoms with E-state index in [1.807, 2.05) is 37.3 Å². The predicted octanol–water partition coefficient (Wildman–Crippen LogP) is 3.17. The number of hydrogen-bond donors (Lipinski definition) is 1. The summed E-state index contributed by atoms with van der Waals surface area (Å²) in [5, 5.41) is 2.86. The average Bonchev–Trinajstić information content (AvgIpc) is 3.09. The monoisotopic (exact) mass is 401 g/mol. The van der Waals surface area contributed by atoms with Crippen molar-refractivity contribution in [2.75, 3.05) is 50.1 Å². The molecule has 0 saturated carbocycles. The third-order valence-electron chi connectivity index (χ3n) is 4.87. The lowest BCUT2D eigenvalue weighted by Crippen LogP contribution is -2.36. The molecule has 2 aromatic rings. The number of benzene rings is 1. The molecular formula is C21H27N3O3S. The Hall–Kier alpha value is -2.38. The van der Waals surface area contributed by atoms with Gasteiger partial charge in [-0.25, -0.2) is 0 Å². The Bertz CT molecular complexity index is 826. The van der Waals surface area contributed by atoms with Crippen molar-refractivity contribution in [1.29, 1.82) is 0 Å². The first-order valence-electron chi connectivity index (χ1n) is 9.55. The van der Waals surface area contributed by atoms with Crippen molar-refractivity contribution in [2.24, 2.45) is 0 Å². The molecule has 1 saturated heterocycles. The lowest BCUT2D eigenvalue weighted by atomic mass is 10.2. The van der Waals surface area contributed by atoms with Crippen LogP contribution in [-0.2, 0) is 16.0 Å². The molecule has 0 aliphatic carbocycles. The third kappa shape index (κ3) is 4.91. The fourth-order valence-electron chi connectivity index (χ4n) is 3.23. The van der Waals surface area contributed by atoms with E-state index < -0.39 is 0 Å². The highest BCUT2D eigenvalue weighted by atomic mass is 32.1. The van der Waals surface area contributed by atoms with E-state index in [1.54, 1.807) is 7.05 Å². The topological polar surface area (TPSA) is 61.9 Å². The second-order valence-electron chi connectivity index (χ2n) is 6.90. The maximum atomic E-state index is 12.6. The molecule has 2 amide bonds. The summed E-state index contributed by atoms with van der Waals surface area (Å²) in [4.78, 5) is 30.5. The van der Waals surface area contributed by atoms with E-state index in [4.69, 9.17) is 4.74 Å². The lowest BCUT2D eigenvalue weighted by molar-refractivity contribution is -0.116. The number of ether oxygens (including phenoxy) is 1. The van der Waals surface area contributed by atoms with E-state index >= 15 is 0 Å². The van der Waals surface area contributed by atoms with Gasteiger partial charge in [0, 0.05) is 36.4 Å². The summed E-state index contributed by atoms with van der Waals surface area (Å²) in [7, 11) is 1.66. The van der Waals surface area contributed by atoms with Crippen molar-refractivity contribution in [3.63, 3.8) is 0 Å². The summed E-state index contributed by atoms with van der Waals surface area (Å²) in [6.45, 7) is 7.34. The van der Waals surface area contributed by atoms with E-state index in [0.29, 0.717) is 4.88 Å². The fraction of sp³-hybridized carbons (Fsp3) is 0.429. The van der Waals surface area contributed by atoms with Crippen LogP contribution >= 0.6 is 11.3 Å². The Kier molecular flexibility index (Phi) is 6.70. The number of nitrogens with zero attached hydrogens (tertiary/aromatic N) is 2. The molecule has 0 bridgehead atoms. The molecule has 3 rings (SSSR count). The van der Waals surface area contributed by atoms with Gasteiger partial charge in [0.25, 0.3) is 5.91 Å². The van der Waals surface area contributed by atoms with Crippen molar-refractivity contribution >= 4 is 34.5 Å². The van der Waals surface area contributed by atoms with Crippen molar-refractivity contribution in [3.8, 4) is 0 Å². The molecule has 1 aliphatic heterocycles. The highest BCUT2D eigenvalue weighted by molar-refractivity contribution is 7.14. The quantitative estimate of drug-likeness (QED) is 0.808. The number of aryl methyl sites for hydroxylation is 2. The van der Waals surface area contributed by atoms with Gasteiger partial charge in [0.2, 0.25) is 5.91 Å². The lowest BCUT2D eigenvalue weighted by Gasteiger charge is -2.28. The normalized spacial score (nSPS) is 14.0. The summed E-state index contributed by atoms with van der Waals surface area (Å²) in [5.74, 6) is -0.329. The summed E-state index contributed by atoms with van der Waals surface area (Å²) in [6, 6.07) is 9.70. The smallest absolute Gasteiger partial charge is 0.264 e. The van der Waals surface area contributed by atoms with Gasteiger partial charge in [-0.3, -0.25) is 9.59 Å². The van der Waals surface area contributed by atoms with Crippen molar-refractivity contribution in [2.45, 2.75) is 20.3 Å². The van der Waals surface area contributed by atoms with Crippen LogP contribution in [0.1, 0.15) is 27.0 Å². The SMILES string of the molecule is CCc1cc(C(=O)N(C)CC(=O)Nc2ccc(N3CCOCC3)cc2)sc1C. The van der Waals surface area contributed by atoms with Crippen LogP contribution in [0.4, 0.5) is 11.4 Å². The Morgan fingerprint density at radius 3 is 2.50 bits per heavy atom. The highest BCUT2D eigenvalue weighted by Crippen LogP contribution is 2.23. The van der Waals surface area contributed by atoms with Gasteiger partial charge in [0.05, 0.1) is 24.6 Å². The minimum Gasteiger partial charge on any atom is -0.378 e. The minimum absolute atomic E-state index is 0.0163. The molecule has 0 unspecified atom stereocenters. The molecule has 1 aromatic carbocycles. The predicted molar refractivity (Wildman–Crippen MR) is 113 cm³/mol. The molecule has 28 heavy (non-hydrogen) atoms. The zero-order chi connectivity index (χ0) is 20.1. The Morgan fingerprint density at radius 1 is 1.21 bits per heavy atom. The van der Waals surface area contributed by atoms with Gasteiger partial charge in [0.15, 0.2) is 0 Å². The molecular weight excluding hydrogens is 374 g/mol. The third-order valence-corrected chi connectivity index (χ3v) is 5.95. The Balaban J connectivity index is 1.54. The fourth-order valence-corrected chi connectivity index (χ4v) is 4.34. The van der Waals surface area contributed by atoms with Crippen molar-refractivity contribution in [1.82, 2.24) is 4.90 Å². The molecule has 0 atom stereocenters. The number of hydrogen-bond acceptors (Lipinski definition) is 5. The van der Waals surface area contributed by atoms with Gasteiger partial charge >= 0.3 is 0 Å². The first kappa shape index (κ1) is 20.4. The number of likely N-dealkylation sites (N-methyl/N-ethyl adjacent to an activating group) is 1. The number of amides is 2. The van der Waals surface area contributed by atoms with Gasteiger partial charge in [-0.1, -0.05) is 6.92 Å². The van der Waals surface area contributed by atoms with Crippen molar-refractivity contribution in [3.05, 3.63) is 45.6 Å². The van der Waals surface area contributed by atoms with E-state index in [2.05, 4.69) is 17.1 Å². The molecule has 1 aliphatic rings. The molecule has 6 nitrogen and oxygen atoms in total. The van der Waals surface area contributed by atoms with E-state index in [-0.39, 0.29) is 18.4 Å². The van der Waals surface area contributed by atoms with Crippen LogP contribution in [-0.4, -0.2) is 56.6 Å². The molecule has 7 heteroatoms. The number of anilines is 2. The van der Waals surface area contributed by atoms with Gasteiger partial charge < -0.3 is 19.9 Å². The van der Waals surface area contributed by atoms with Crippen LogP contribution in [0.15, 0.2) is 30.3 Å². The van der Waals surface area contributed by atoms with Crippen LogP contribution in [0, 0.1) is 6.92 Å². The molecule has 150 valence electrons. The molecule has 0 radical (unpaired) electrons. The first-order chi connectivity index (χ1) is 13.5. The number of thiophene rings is 1. The van der Waals surface area contributed by atoms with Gasteiger partial charge in [-0.15, -0.1) is 11.3 Å². The maximum absolute atomic E-state index is 12.6. The number of nitrogens with one attached hydrogen (secondary N) is 1. The summed E-state index contributed by atoms with van der Waals surface area (Å²) >= 11 is 1.49. The second kappa shape index (κ2) is 9.21. The maximum Gasteiger partial charge on any atom is 0.264 e. The molecule has 2 heterocycles. The van der Waals surface area contributed by atoms with Crippen LogP contribution < -0.4 is 10.2 Å². The number of morpholine rings is 1. The summed E-state index contributed by atoms with van der Waals surface area (Å²) in [6.07, 6.45) is 0.903. The van der Waals surface area contributed by atoms with Crippen molar-refractivity contribution < 1.29 is 14.3 Å². The van der Waals surface area contributed by atoms with E-state index in [1.165, 1.54) is 21.8 Å². The van der Waals surface area contributed by atoms with Crippen LogP contribution in [0.3, 0.4) is 0 Å². The van der Waals surface area contributed by atoms with E-state index in [0.717, 1.165) is 49.0 Å². The second-order valence-corrected chi connectivity index (χ2v) is 8.16. The van der Waals surface area contributed by atoms with E-state index in [9.17, 15) is 9.59 Å².